The summed E-state index contributed by atoms with van der Waals surface area (Å²) in [5.74, 6) is 0. The highest BCUT2D eigenvalue weighted by Crippen LogP contribution is 2.20. The maximum Gasteiger partial charge on any atom is 0.0297 e. The van der Waals surface area contributed by atoms with E-state index in [2.05, 4.69) is 81.5 Å². The first kappa shape index (κ1) is 17.5. The molecule has 0 aliphatic carbocycles. The Morgan fingerprint density at radius 2 is 0.905 bits per heavy atom. The second-order valence-electron chi connectivity index (χ2n) is 5.43. The molecule has 2 rings (SSSR count). The molecule has 2 aromatic carbocycles. The molecule has 0 bridgehead atoms. The van der Waals surface area contributed by atoms with Crippen LogP contribution in [0.5, 0.6) is 0 Å². The minimum atomic E-state index is 0.358. The molecule has 114 valence electrons. The van der Waals surface area contributed by atoms with Gasteiger partial charge in [-0.3, -0.25) is 0 Å². The highest BCUT2D eigenvalue weighted by atomic mass is 14.9. The molecule has 2 unspecified atom stereocenters. The smallest absolute Gasteiger partial charge is 0.0297 e. The molecule has 0 fully saturated rings. The number of nitrogens with one attached hydrogen (secondary N) is 1. The van der Waals surface area contributed by atoms with Crippen molar-refractivity contribution in [1.29, 1.82) is 0 Å². The van der Waals surface area contributed by atoms with E-state index < -0.39 is 0 Å². The van der Waals surface area contributed by atoms with Crippen molar-refractivity contribution in [1.82, 2.24) is 5.32 Å². The van der Waals surface area contributed by atoms with Gasteiger partial charge in [0.2, 0.25) is 0 Å². The van der Waals surface area contributed by atoms with Crippen LogP contribution in [-0.2, 0) is 0 Å². The maximum absolute atomic E-state index is 3.65. The Kier molecular flexibility index (Phi) is 7.18. The summed E-state index contributed by atoms with van der Waals surface area (Å²) in [6.45, 7) is 12.7. The normalized spacial score (nSPS) is 13.0. The minimum Gasteiger partial charge on any atom is -0.304 e. The zero-order valence-corrected chi connectivity index (χ0v) is 14.3. The molecule has 1 heteroatoms. The summed E-state index contributed by atoms with van der Waals surface area (Å²) in [5, 5.41) is 3.65. The standard InChI is InChI=1S/C18H23N.C2H6/c1-13-5-9-17(10-6-13)15(3)19-16(4)18-11-7-14(2)8-12-18;1-2/h5-12,15-16,19H,1-4H3;1-2H3. The molecule has 2 atom stereocenters. The van der Waals surface area contributed by atoms with Crippen LogP contribution in [-0.4, -0.2) is 0 Å². The SMILES string of the molecule is CC.Cc1ccc(C(C)NC(C)c2ccc(C)cc2)cc1. The maximum atomic E-state index is 3.65. The average molecular weight is 283 g/mol. The van der Waals surface area contributed by atoms with Crippen molar-refractivity contribution in [3.05, 3.63) is 70.8 Å². The Morgan fingerprint density at radius 1 is 0.619 bits per heavy atom. The predicted molar refractivity (Wildman–Crippen MR) is 93.7 cm³/mol. The third kappa shape index (κ3) is 5.35. The molecule has 1 nitrogen and oxygen atoms in total. The summed E-state index contributed by atoms with van der Waals surface area (Å²) in [5.41, 5.74) is 5.29. The highest BCUT2D eigenvalue weighted by molar-refractivity contribution is 5.26. The minimum absolute atomic E-state index is 0.358. The molecule has 0 heterocycles. The first-order valence-electron chi connectivity index (χ1n) is 7.95. The van der Waals surface area contributed by atoms with Gasteiger partial charge >= 0.3 is 0 Å². The first-order chi connectivity index (χ1) is 10.1. The molecule has 2 aromatic rings. The second-order valence-corrected chi connectivity index (χ2v) is 5.43. The molecular weight excluding hydrogens is 254 g/mol. The molecule has 0 spiro atoms. The molecule has 0 saturated carbocycles. The van der Waals surface area contributed by atoms with Crippen LogP contribution in [0.3, 0.4) is 0 Å². The van der Waals surface area contributed by atoms with Crippen LogP contribution in [0.15, 0.2) is 48.5 Å². The summed E-state index contributed by atoms with van der Waals surface area (Å²) < 4.78 is 0. The summed E-state index contributed by atoms with van der Waals surface area (Å²) in [4.78, 5) is 0. The lowest BCUT2D eigenvalue weighted by atomic mass is 10.0. The van der Waals surface area contributed by atoms with Crippen LogP contribution >= 0.6 is 0 Å². The Balaban J connectivity index is 0.00000106. The second kappa shape index (κ2) is 8.63. The fourth-order valence-electron chi connectivity index (χ4n) is 2.28. The lowest BCUT2D eigenvalue weighted by molar-refractivity contribution is 0.494. The number of hydrogen-bond donors (Lipinski definition) is 1. The molecule has 21 heavy (non-hydrogen) atoms. The van der Waals surface area contributed by atoms with Crippen molar-refractivity contribution >= 4 is 0 Å². The molecule has 0 saturated heterocycles. The van der Waals surface area contributed by atoms with Crippen molar-refractivity contribution in [2.24, 2.45) is 0 Å². The number of hydrogen-bond acceptors (Lipinski definition) is 1. The van der Waals surface area contributed by atoms with Crippen LogP contribution in [0.2, 0.25) is 0 Å². The molecule has 1 N–H and O–H groups in total. The molecule has 0 aliphatic heterocycles. The van der Waals surface area contributed by atoms with Gasteiger partial charge in [-0.2, -0.15) is 0 Å². The van der Waals surface area contributed by atoms with Gasteiger partial charge in [-0.15, -0.1) is 0 Å². The Morgan fingerprint density at radius 3 is 1.19 bits per heavy atom. The van der Waals surface area contributed by atoms with E-state index >= 15 is 0 Å². The quantitative estimate of drug-likeness (QED) is 0.754. The zero-order chi connectivity index (χ0) is 15.8. The van der Waals surface area contributed by atoms with Gasteiger partial charge < -0.3 is 5.32 Å². The van der Waals surface area contributed by atoms with Crippen molar-refractivity contribution in [2.45, 2.75) is 53.6 Å². The molecular formula is C20H29N. The van der Waals surface area contributed by atoms with E-state index in [-0.39, 0.29) is 0 Å². The monoisotopic (exact) mass is 283 g/mol. The van der Waals surface area contributed by atoms with E-state index in [1.165, 1.54) is 22.3 Å². The lowest BCUT2D eigenvalue weighted by Gasteiger charge is -2.21. The van der Waals surface area contributed by atoms with Gasteiger partial charge in [0, 0.05) is 12.1 Å². The lowest BCUT2D eigenvalue weighted by Crippen LogP contribution is -2.22. The summed E-state index contributed by atoms with van der Waals surface area (Å²) in [7, 11) is 0. The van der Waals surface area contributed by atoms with E-state index in [0.29, 0.717) is 12.1 Å². The van der Waals surface area contributed by atoms with Crippen molar-refractivity contribution in [3.63, 3.8) is 0 Å². The van der Waals surface area contributed by atoms with Gasteiger partial charge in [-0.05, 0) is 38.8 Å². The molecule has 0 amide bonds. The molecule has 0 aliphatic rings. The van der Waals surface area contributed by atoms with Crippen LogP contribution in [0, 0.1) is 13.8 Å². The highest BCUT2D eigenvalue weighted by Gasteiger charge is 2.10. The number of aryl methyl sites for hydroxylation is 2. The van der Waals surface area contributed by atoms with Gasteiger partial charge in [0.15, 0.2) is 0 Å². The summed E-state index contributed by atoms with van der Waals surface area (Å²) in [6.07, 6.45) is 0. The van der Waals surface area contributed by atoms with Gasteiger partial charge in [-0.1, -0.05) is 73.5 Å². The predicted octanol–water partition coefficient (Wildman–Crippen LogP) is 5.74. The molecule has 0 aromatic heterocycles. The number of benzene rings is 2. The van der Waals surface area contributed by atoms with E-state index in [4.69, 9.17) is 0 Å². The van der Waals surface area contributed by atoms with Crippen LogP contribution < -0.4 is 5.32 Å². The topological polar surface area (TPSA) is 12.0 Å². The average Bonchev–Trinajstić information content (AvgIpc) is 2.50. The first-order valence-corrected chi connectivity index (χ1v) is 7.95. The van der Waals surface area contributed by atoms with E-state index in [9.17, 15) is 0 Å². The third-order valence-corrected chi connectivity index (χ3v) is 3.65. The van der Waals surface area contributed by atoms with E-state index in [1.54, 1.807) is 0 Å². The van der Waals surface area contributed by atoms with Gasteiger partial charge in [0.1, 0.15) is 0 Å². The van der Waals surface area contributed by atoms with Crippen LogP contribution in [0.1, 0.15) is 62.0 Å². The zero-order valence-electron chi connectivity index (χ0n) is 14.3. The van der Waals surface area contributed by atoms with Gasteiger partial charge in [0.25, 0.3) is 0 Å². The Bertz CT molecular complexity index is 461. The van der Waals surface area contributed by atoms with Gasteiger partial charge in [-0.25, -0.2) is 0 Å². The molecule has 0 radical (unpaired) electrons. The Hall–Kier alpha value is -1.60. The number of rotatable bonds is 4. The van der Waals surface area contributed by atoms with E-state index in [0.717, 1.165) is 0 Å². The third-order valence-electron chi connectivity index (χ3n) is 3.65. The Labute approximate surface area is 130 Å². The van der Waals surface area contributed by atoms with E-state index in [1.807, 2.05) is 13.8 Å². The van der Waals surface area contributed by atoms with Crippen LogP contribution in [0.4, 0.5) is 0 Å². The van der Waals surface area contributed by atoms with Crippen molar-refractivity contribution in [3.8, 4) is 0 Å². The fourth-order valence-corrected chi connectivity index (χ4v) is 2.28. The van der Waals surface area contributed by atoms with Crippen LogP contribution in [0.25, 0.3) is 0 Å². The van der Waals surface area contributed by atoms with Crippen molar-refractivity contribution in [2.75, 3.05) is 0 Å². The van der Waals surface area contributed by atoms with Gasteiger partial charge in [0.05, 0.1) is 0 Å². The summed E-state index contributed by atoms with van der Waals surface area (Å²) in [6, 6.07) is 18.2. The largest absolute Gasteiger partial charge is 0.304 e. The fraction of sp³-hybridized carbons (Fsp3) is 0.400. The van der Waals surface area contributed by atoms with Crippen molar-refractivity contribution < 1.29 is 0 Å². The summed E-state index contributed by atoms with van der Waals surface area (Å²) >= 11 is 0.